The maximum atomic E-state index is 12.3. The van der Waals surface area contributed by atoms with E-state index in [4.69, 9.17) is 4.74 Å². The van der Waals surface area contributed by atoms with E-state index in [1.165, 1.54) is 18.9 Å². The molecule has 1 aromatic heterocycles. The minimum Gasteiger partial charge on any atom is -0.496 e. The molecule has 0 unspecified atom stereocenters. The van der Waals surface area contributed by atoms with Gasteiger partial charge in [-0.25, -0.2) is 0 Å². The Kier molecular flexibility index (Phi) is 5.70. The summed E-state index contributed by atoms with van der Waals surface area (Å²) in [5.41, 5.74) is 2.60. The van der Waals surface area contributed by atoms with Gasteiger partial charge in [-0.3, -0.25) is 4.79 Å². The summed E-state index contributed by atoms with van der Waals surface area (Å²) >= 11 is 0. The molecule has 6 nitrogen and oxygen atoms in total. The molecule has 0 saturated carbocycles. The topological polar surface area (TPSA) is 69.0 Å². The van der Waals surface area contributed by atoms with Gasteiger partial charge in [0.2, 0.25) is 5.91 Å². The van der Waals surface area contributed by atoms with E-state index in [1.807, 2.05) is 48.5 Å². The van der Waals surface area contributed by atoms with Crippen molar-refractivity contribution in [2.24, 2.45) is 0 Å². The Hall–Kier alpha value is -3.41. The van der Waals surface area contributed by atoms with E-state index in [2.05, 4.69) is 20.1 Å². The molecule has 0 aliphatic carbocycles. The van der Waals surface area contributed by atoms with Gasteiger partial charge in [-0.15, -0.1) is 10.2 Å². The van der Waals surface area contributed by atoms with Crippen LogP contribution in [0.2, 0.25) is 0 Å². The first kappa shape index (κ1) is 18.9. The van der Waals surface area contributed by atoms with Crippen LogP contribution in [0.5, 0.6) is 5.75 Å². The number of aromatic nitrogens is 3. The fourth-order valence-electron chi connectivity index (χ4n) is 3.55. The summed E-state index contributed by atoms with van der Waals surface area (Å²) in [4.78, 5) is 12.3. The monoisotopic (exact) mass is 388 g/mol. The molecule has 0 atom stereocenters. The molecular weight excluding hydrogens is 364 g/mol. The van der Waals surface area contributed by atoms with Gasteiger partial charge in [0.15, 0.2) is 5.82 Å². The van der Waals surface area contributed by atoms with Gasteiger partial charge in [0.1, 0.15) is 11.6 Å². The fraction of sp³-hybridized carbons (Fsp3) is 0.261. The van der Waals surface area contributed by atoms with Crippen LogP contribution in [0.15, 0.2) is 54.6 Å². The molecule has 2 heterocycles. The number of methoxy groups -OCH3 is 1. The number of para-hydroxylation sites is 1. The number of aryl methyl sites for hydroxylation is 1. The largest absolute Gasteiger partial charge is 0.496 e. The predicted octanol–water partition coefficient (Wildman–Crippen LogP) is 4.33. The number of hydrogen-bond acceptors (Lipinski definition) is 4. The normalized spacial score (nSPS) is 13.7. The SMILES string of the molecule is COc1ccccc1C=CC(=O)Nc1ccc(-c2nnc3n2CCCCC3)cc1. The van der Waals surface area contributed by atoms with Gasteiger partial charge in [0, 0.05) is 35.9 Å². The third kappa shape index (κ3) is 4.37. The van der Waals surface area contributed by atoms with Gasteiger partial charge in [-0.2, -0.15) is 0 Å². The average Bonchev–Trinajstić information content (AvgIpc) is 3.01. The highest BCUT2D eigenvalue weighted by Gasteiger charge is 2.15. The molecule has 2 aromatic carbocycles. The number of rotatable bonds is 5. The number of anilines is 1. The molecule has 1 N–H and O–H groups in total. The van der Waals surface area contributed by atoms with Crippen LogP contribution in [-0.2, 0) is 17.8 Å². The van der Waals surface area contributed by atoms with Crippen molar-refractivity contribution in [1.82, 2.24) is 14.8 Å². The maximum absolute atomic E-state index is 12.3. The lowest BCUT2D eigenvalue weighted by molar-refractivity contribution is -0.111. The number of nitrogens with zero attached hydrogens (tertiary/aromatic N) is 3. The summed E-state index contributed by atoms with van der Waals surface area (Å²) in [6.45, 7) is 0.962. The molecule has 148 valence electrons. The molecule has 1 aliphatic rings. The van der Waals surface area contributed by atoms with Gasteiger partial charge >= 0.3 is 0 Å². The van der Waals surface area contributed by atoms with Crippen LogP contribution in [0.1, 0.15) is 30.7 Å². The van der Waals surface area contributed by atoms with Crippen LogP contribution in [0.25, 0.3) is 17.5 Å². The maximum Gasteiger partial charge on any atom is 0.248 e. The van der Waals surface area contributed by atoms with E-state index < -0.39 is 0 Å². The number of fused-ring (bicyclic) bond motifs is 1. The third-order valence-electron chi connectivity index (χ3n) is 5.07. The number of amides is 1. The number of carbonyl (C=O) groups is 1. The zero-order valence-electron chi connectivity index (χ0n) is 16.5. The number of nitrogens with one attached hydrogen (secondary N) is 1. The molecule has 0 spiro atoms. The number of benzene rings is 2. The Morgan fingerprint density at radius 2 is 1.90 bits per heavy atom. The van der Waals surface area contributed by atoms with Crippen molar-refractivity contribution in [2.45, 2.75) is 32.2 Å². The summed E-state index contributed by atoms with van der Waals surface area (Å²) in [5, 5.41) is 11.6. The molecule has 0 bridgehead atoms. The molecular formula is C23H24N4O2. The van der Waals surface area contributed by atoms with Crippen LogP contribution in [-0.4, -0.2) is 27.8 Å². The molecule has 6 heteroatoms. The highest BCUT2D eigenvalue weighted by molar-refractivity contribution is 6.02. The molecule has 0 radical (unpaired) electrons. The first-order chi connectivity index (χ1) is 14.2. The van der Waals surface area contributed by atoms with Crippen LogP contribution < -0.4 is 10.1 Å². The van der Waals surface area contributed by atoms with Crippen LogP contribution >= 0.6 is 0 Å². The Balaban J connectivity index is 1.44. The van der Waals surface area contributed by atoms with Crippen molar-refractivity contribution >= 4 is 17.7 Å². The third-order valence-corrected chi connectivity index (χ3v) is 5.07. The predicted molar refractivity (Wildman–Crippen MR) is 114 cm³/mol. The molecule has 3 aromatic rings. The summed E-state index contributed by atoms with van der Waals surface area (Å²) < 4.78 is 7.51. The average molecular weight is 388 g/mol. The molecule has 4 rings (SSSR count). The van der Waals surface area contributed by atoms with E-state index in [0.717, 1.165) is 53.6 Å². The van der Waals surface area contributed by atoms with E-state index in [1.54, 1.807) is 13.2 Å². The molecule has 29 heavy (non-hydrogen) atoms. The van der Waals surface area contributed by atoms with Gasteiger partial charge in [0.05, 0.1) is 7.11 Å². The summed E-state index contributed by atoms with van der Waals surface area (Å²) in [7, 11) is 1.61. The van der Waals surface area contributed by atoms with Crippen molar-refractivity contribution in [3.63, 3.8) is 0 Å². The first-order valence-corrected chi connectivity index (χ1v) is 9.89. The van der Waals surface area contributed by atoms with Crippen LogP contribution in [0.4, 0.5) is 5.69 Å². The van der Waals surface area contributed by atoms with Crippen molar-refractivity contribution in [3.8, 4) is 17.1 Å². The number of ether oxygens (including phenoxy) is 1. The number of carbonyl (C=O) groups excluding carboxylic acids is 1. The Labute approximate surface area is 170 Å². The van der Waals surface area contributed by atoms with Gasteiger partial charge in [-0.05, 0) is 49.2 Å². The van der Waals surface area contributed by atoms with Crippen LogP contribution in [0.3, 0.4) is 0 Å². The Bertz CT molecular complexity index is 1020. The minimum atomic E-state index is -0.194. The van der Waals surface area contributed by atoms with Gasteiger partial charge in [0.25, 0.3) is 0 Å². The zero-order chi connectivity index (χ0) is 20.1. The summed E-state index contributed by atoms with van der Waals surface area (Å²) in [6.07, 6.45) is 7.80. The zero-order valence-corrected chi connectivity index (χ0v) is 16.5. The smallest absolute Gasteiger partial charge is 0.248 e. The lowest BCUT2D eigenvalue weighted by Crippen LogP contribution is -2.07. The summed E-state index contributed by atoms with van der Waals surface area (Å²) in [5.74, 6) is 2.50. The van der Waals surface area contributed by atoms with E-state index >= 15 is 0 Å². The van der Waals surface area contributed by atoms with Crippen molar-refractivity contribution in [1.29, 1.82) is 0 Å². The van der Waals surface area contributed by atoms with E-state index in [0.29, 0.717) is 0 Å². The second-order valence-electron chi connectivity index (χ2n) is 7.04. The highest BCUT2D eigenvalue weighted by atomic mass is 16.5. The second kappa shape index (κ2) is 8.73. The Morgan fingerprint density at radius 1 is 1.07 bits per heavy atom. The minimum absolute atomic E-state index is 0.194. The van der Waals surface area contributed by atoms with Crippen molar-refractivity contribution < 1.29 is 9.53 Å². The Morgan fingerprint density at radius 3 is 2.72 bits per heavy atom. The standard InChI is InChI=1S/C23H24N4O2/c1-29-20-8-5-4-7-17(20)12-15-22(28)24-19-13-10-18(11-14-19)23-26-25-21-9-3-2-6-16-27(21)23/h4-5,7-8,10-15H,2-3,6,9,16H2,1H3,(H,24,28). The van der Waals surface area contributed by atoms with Crippen molar-refractivity contribution in [3.05, 3.63) is 66.0 Å². The van der Waals surface area contributed by atoms with Gasteiger partial charge < -0.3 is 14.6 Å². The lowest BCUT2D eigenvalue weighted by Gasteiger charge is -2.08. The molecule has 0 saturated heterocycles. The lowest BCUT2D eigenvalue weighted by atomic mass is 10.1. The second-order valence-corrected chi connectivity index (χ2v) is 7.04. The van der Waals surface area contributed by atoms with Gasteiger partial charge in [-0.1, -0.05) is 24.6 Å². The quantitative estimate of drug-likeness (QED) is 0.661. The highest BCUT2D eigenvalue weighted by Crippen LogP contribution is 2.24. The van der Waals surface area contributed by atoms with E-state index in [-0.39, 0.29) is 5.91 Å². The molecule has 1 aliphatic heterocycles. The molecule has 0 fully saturated rings. The molecule has 1 amide bonds. The van der Waals surface area contributed by atoms with E-state index in [9.17, 15) is 4.79 Å². The fourth-order valence-corrected chi connectivity index (χ4v) is 3.55. The number of hydrogen-bond donors (Lipinski definition) is 1. The van der Waals surface area contributed by atoms with Crippen molar-refractivity contribution in [2.75, 3.05) is 12.4 Å². The van der Waals surface area contributed by atoms with Crippen LogP contribution in [0, 0.1) is 0 Å². The summed E-state index contributed by atoms with van der Waals surface area (Å²) in [6, 6.07) is 15.3. The first-order valence-electron chi connectivity index (χ1n) is 9.89.